The van der Waals surface area contributed by atoms with Gasteiger partial charge in [0.15, 0.2) is 12.2 Å². The second-order valence-corrected chi connectivity index (χ2v) is 5.22. The van der Waals surface area contributed by atoms with Gasteiger partial charge in [0.2, 0.25) is 0 Å². The van der Waals surface area contributed by atoms with Crippen LogP contribution in [0, 0.1) is 5.41 Å². The number of ether oxygens (including phenoxy) is 2. The molecular formula is C10H16O5. The standard InChI is InChI=1S/C10H16O5/c1-10(2,3)8-4(11)6-7(14-8)5(12)9(13)15-6/h4-8,11-12H,1-3H3/t4-,5-,6?,7+,8+/m0/s1. The number of aliphatic hydroxyl groups excluding tert-OH is 2. The molecule has 0 radical (unpaired) electrons. The van der Waals surface area contributed by atoms with Crippen molar-refractivity contribution in [3.8, 4) is 0 Å². The quantitative estimate of drug-likeness (QED) is 0.531. The Morgan fingerprint density at radius 2 is 1.80 bits per heavy atom. The Morgan fingerprint density at radius 3 is 2.27 bits per heavy atom. The minimum atomic E-state index is -1.27. The van der Waals surface area contributed by atoms with Crippen LogP contribution in [-0.4, -0.2) is 46.7 Å². The predicted molar refractivity (Wildman–Crippen MR) is 50.0 cm³/mol. The molecule has 86 valence electrons. The molecule has 0 aromatic heterocycles. The van der Waals surface area contributed by atoms with Crippen molar-refractivity contribution in [2.45, 2.75) is 51.3 Å². The van der Waals surface area contributed by atoms with Crippen molar-refractivity contribution < 1.29 is 24.5 Å². The summed E-state index contributed by atoms with van der Waals surface area (Å²) in [5.41, 5.74) is -0.254. The molecule has 0 saturated carbocycles. The summed E-state index contributed by atoms with van der Waals surface area (Å²) < 4.78 is 10.4. The molecule has 0 aromatic carbocycles. The van der Waals surface area contributed by atoms with Gasteiger partial charge in [-0.2, -0.15) is 0 Å². The number of carbonyl (C=O) groups excluding carboxylic acids is 1. The fourth-order valence-corrected chi connectivity index (χ4v) is 2.14. The van der Waals surface area contributed by atoms with Crippen molar-refractivity contribution in [1.29, 1.82) is 0 Å². The van der Waals surface area contributed by atoms with E-state index < -0.39 is 36.5 Å². The number of fused-ring (bicyclic) bond motifs is 1. The molecule has 0 amide bonds. The summed E-state index contributed by atoms with van der Waals surface area (Å²) in [6, 6.07) is 0. The zero-order valence-electron chi connectivity index (χ0n) is 9.01. The van der Waals surface area contributed by atoms with Crippen LogP contribution in [0.5, 0.6) is 0 Å². The summed E-state index contributed by atoms with van der Waals surface area (Å²) in [5, 5.41) is 19.4. The molecule has 0 bridgehead atoms. The highest BCUT2D eigenvalue weighted by molar-refractivity contribution is 5.78. The van der Waals surface area contributed by atoms with Crippen molar-refractivity contribution in [1.82, 2.24) is 0 Å². The highest BCUT2D eigenvalue weighted by atomic mass is 16.6. The molecule has 5 nitrogen and oxygen atoms in total. The van der Waals surface area contributed by atoms with Crippen molar-refractivity contribution in [3.63, 3.8) is 0 Å². The van der Waals surface area contributed by atoms with Crippen LogP contribution in [0.2, 0.25) is 0 Å². The Bertz CT molecular complexity index is 282. The SMILES string of the molecule is CC(C)(C)[C@@H]1O[C@H]2C(OC(=O)[C@H]2O)[C@@H]1O. The molecule has 15 heavy (non-hydrogen) atoms. The van der Waals surface area contributed by atoms with Crippen LogP contribution in [0.3, 0.4) is 0 Å². The third-order valence-electron chi connectivity index (χ3n) is 2.93. The summed E-state index contributed by atoms with van der Waals surface area (Å²) in [7, 11) is 0. The lowest BCUT2D eigenvalue weighted by Gasteiger charge is -2.29. The average molecular weight is 216 g/mol. The zero-order valence-corrected chi connectivity index (χ0v) is 9.01. The van der Waals surface area contributed by atoms with E-state index in [9.17, 15) is 15.0 Å². The second-order valence-electron chi connectivity index (χ2n) is 5.22. The lowest BCUT2D eigenvalue weighted by molar-refractivity contribution is -0.155. The molecule has 2 aliphatic heterocycles. The maximum absolute atomic E-state index is 11.0. The Labute approximate surface area is 88.0 Å². The summed E-state index contributed by atoms with van der Waals surface area (Å²) in [6.07, 6.45) is -4.00. The first-order chi connectivity index (χ1) is 6.82. The van der Waals surface area contributed by atoms with E-state index in [1.165, 1.54) is 0 Å². The van der Waals surface area contributed by atoms with Gasteiger partial charge in [-0.05, 0) is 5.41 Å². The first-order valence-electron chi connectivity index (χ1n) is 5.04. The van der Waals surface area contributed by atoms with Crippen LogP contribution in [0.1, 0.15) is 20.8 Å². The maximum atomic E-state index is 11.0. The minimum Gasteiger partial charge on any atom is -0.455 e. The lowest BCUT2D eigenvalue weighted by atomic mass is 9.85. The van der Waals surface area contributed by atoms with Gasteiger partial charge >= 0.3 is 5.97 Å². The van der Waals surface area contributed by atoms with Crippen molar-refractivity contribution in [2.24, 2.45) is 5.41 Å². The van der Waals surface area contributed by atoms with Crippen molar-refractivity contribution in [3.05, 3.63) is 0 Å². The molecule has 5 heteroatoms. The van der Waals surface area contributed by atoms with Crippen LogP contribution >= 0.6 is 0 Å². The predicted octanol–water partition coefficient (Wildman–Crippen LogP) is -0.553. The number of carbonyl (C=O) groups is 1. The average Bonchev–Trinajstić information content (AvgIpc) is 2.54. The Hall–Kier alpha value is -0.650. The lowest BCUT2D eigenvalue weighted by Crippen LogP contribution is -2.39. The van der Waals surface area contributed by atoms with Gasteiger partial charge in [-0.3, -0.25) is 0 Å². The van der Waals surface area contributed by atoms with E-state index >= 15 is 0 Å². The minimum absolute atomic E-state index is 0.254. The molecule has 0 spiro atoms. The van der Waals surface area contributed by atoms with Crippen molar-refractivity contribution in [2.75, 3.05) is 0 Å². The van der Waals surface area contributed by atoms with E-state index in [0.717, 1.165) is 0 Å². The molecule has 2 saturated heterocycles. The van der Waals surface area contributed by atoms with Crippen LogP contribution < -0.4 is 0 Å². The fourth-order valence-electron chi connectivity index (χ4n) is 2.14. The van der Waals surface area contributed by atoms with Crippen LogP contribution in [0.4, 0.5) is 0 Å². The van der Waals surface area contributed by atoms with Gasteiger partial charge in [-0.25, -0.2) is 4.79 Å². The van der Waals surface area contributed by atoms with E-state index in [0.29, 0.717) is 0 Å². The van der Waals surface area contributed by atoms with E-state index in [1.54, 1.807) is 0 Å². The van der Waals surface area contributed by atoms with E-state index in [-0.39, 0.29) is 5.41 Å². The van der Waals surface area contributed by atoms with E-state index in [4.69, 9.17) is 9.47 Å². The third kappa shape index (κ3) is 1.55. The van der Waals surface area contributed by atoms with Gasteiger partial charge < -0.3 is 19.7 Å². The highest BCUT2D eigenvalue weighted by Crippen LogP contribution is 2.39. The monoisotopic (exact) mass is 216 g/mol. The maximum Gasteiger partial charge on any atom is 0.338 e. The fraction of sp³-hybridized carbons (Fsp3) is 0.900. The normalized spacial score (nSPS) is 45.4. The number of aliphatic hydroxyl groups is 2. The number of esters is 1. The third-order valence-corrected chi connectivity index (χ3v) is 2.93. The summed E-state index contributed by atoms with van der Waals surface area (Å²) in [6.45, 7) is 5.78. The molecular weight excluding hydrogens is 200 g/mol. The Kier molecular flexibility index (Phi) is 2.29. The van der Waals surface area contributed by atoms with Gasteiger partial charge in [-0.15, -0.1) is 0 Å². The smallest absolute Gasteiger partial charge is 0.338 e. The van der Waals surface area contributed by atoms with Gasteiger partial charge in [-0.1, -0.05) is 20.8 Å². The largest absolute Gasteiger partial charge is 0.455 e. The van der Waals surface area contributed by atoms with Gasteiger partial charge in [0, 0.05) is 0 Å². The number of hydrogen-bond donors (Lipinski definition) is 2. The molecule has 0 aliphatic carbocycles. The zero-order chi connectivity index (χ0) is 11.4. The molecule has 5 atom stereocenters. The van der Waals surface area contributed by atoms with Crippen LogP contribution in [0.15, 0.2) is 0 Å². The number of rotatable bonds is 0. The molecule has 2 fully saturated rings. The first kappa shape index (κ1) is 10.9. The second kappa shape index (κ2) is 3.17. The van der Waals surface area contributed by atoms with Gasteiger partial charge in [0.05, 0.1) is 6.10 Å². The highest BCUT2D eigenvalue weighted by Gasteiger charge is 2.58. The van der Waals surface area contributed by atoms with Crippen LogP contribution in [-0.2, 0) is 14.3 Å². The molecule has 1 unspecified atom stereocenters. The molecule has 2 N–H and O–H groups in total. The molecule has 2 heterocycles. The van der Waals surface area contributed by atoms with E-state index in [1.807, 2.05) is 20.8 Å². The molecule has 2 aliphatic rings. The summed E-state index contributed by atoms with van der Waals surface area (Å²) >= 11 is 0. The van der Waals surface area contributed by atoms with E-state index in [2.05, 4.69) is 0 Å². The summed E-state index contributed by atoms with van der Waals surface area (Å²) in [4.78, 5) is 11.0. The summed E-state index contributed by atoms with van der Waals surface area (Å²) in [5.74, 6) is -0.712. The van der Waals surface area contributed by atoms with Gasteiger partial charge in [0.1, 0.15) is 12.2 Å². The topological polar surface area (TPSA) is 76.0 Å². The molecule has 0 aromatic rings. The van der Waals surface area contributed by atoms with Crippen LogP contribution in [0.25, 0.3) is 0 Å². The van der Waals surface area contributed by atoms with Crippen molar-refractivity contribution >= 4 is 5.97 Å². The Morgan fingerprint density at radius 1 is 1.20 bits per heavy atom. The number of hydrogen-bond acceptors (Lipinski definition) is 5. The van der Waals surface area contributed by atoms with Gasteiger partial charge in [0.25, 0.3) is 0 Å². The molecule has 2 rings (SSSR count). The first-order valence-corrected chi connectivity index (χ1v) is 5.04. The Balaban J connectivity index is 2.18.